The average Bonchev–Trinajstić information content (AvgIpc) is 2.57. The first-order valence-electron chi connectivity index (χ1n) is 6.46. The number of ketones is 1. The van der Waals surface area contributed by atoms with E-state index in [0.29, 0.717) is 6.42 Å². The first-order valence-corrected chi connectivity index (χ1v) is 6.46. The standard InChI is InChI=1S/C14H20N2O2/c1-8(2)13(14(15)18)16-9(3)7-10-11(16)5-4-6-12(10)17/h7-8,13H,4-6H2,1-3H3,(H2,15,18). The number of primary amides is 1. The molecule has 0 aliphatic heterocycles. The van der Waals surface area contributed by atoms with Crippen LogP contribution in [0.25, 0.3) is 0 Å². The number of hydrogen-bond donors (Lipinski definition) is 1. The van der Waals surface area contributed by atoms with Gasteiger partial charge in [-0.15, -0.1) is 0 Å². The molecule has 4 nitrogen and oxygen atoms in total. The number of amides is 1. The van der Waals surface area contributed by atoms with E-state index in [1.54, 1.807) is 0 Å². The van der Waals surface area contributed by atoms with Crippen LogP contribution in [0.4, 0.5) is 0 Å². The van der Waals surface area contributed by atoms with E-state index in [0.717, 1.165) is 29.8 Å². The topological polar surface area (TPSA) is 65.1 Å². The predicted octanol–water partition coefficient (Wildman–Crippen LogP) is 2.00. The summed E-state index contributed by atoms with van der Waals surface area (Å²) in [6.45, 7) is 5.89. The zero-order valence-corrected chi connectivity index (χ0v) is 11.2. The third kappa shape index (κ3) is 1.96. The molecule has 2 N–H and O–H groups in total. The Morgan fingerprint density at radius 1 is 1.39 bits per heavy atom. The lowest BCUT2D eigenvalue weighted by Crippen LogP contribution is -2.32. The van der Waals surface area contributed by atoms with Crippen molar-refractivity contribution in [2.45, 2.75) is 46.1 Å². The van der Waals surface area contributed by atoms with Crippen LogP contribution in [0, 0.1) is 12.8 Å². The van der Waals surface area contributed by atoms with E-state index in [1.165, 1.54) is 0 Å². The lowest BCUT2D eigenvalue weighted by Gasteiger charge is -2.25. The highest BCUT2D eigenvalue weighted by atomic mass is 16.1. The van der Waals surface area contributed by atoms with E-state index in [-0.39, 0.29) is 23.7 Å². The summed E-state index contributed by atoms with van der Waals surface area (Å²) >= 11 is 0. The molecule has 0 saturated heterocycles. The Labute approximate surface area is 107 Å². The van der Waals surface area contributed by atoms with Crippen LogP contribution in [0.3, 0.4) is 0 Å². The minimum Gasteiger partial charge on any atom is -0.368 e. The molecule has 4 heteroatoms. The predicted molar refractivity (Wildman–Crippen MR) is 69.5 cm³/mol. The SMILES string of the molecule is Cc1cc2c(n1C(C(N)=O)C(C)C)CCCC2=O. The van der Waals surface area contributed by atoms with Gasteiger partial charge in [0.25, 0.3) is 0 Å². The summed E-state index contributed by atoms with van der Waals surface area (Å²) in [7, 11) is 0. The Morgan fingerprint density at radius 3 is 2.61 bits per heavy atom. The molecule has 1 aliphatic carbocycles. The molecule has 0 saturated carbocycles. The summed E-state index contributed by atoms with van der Waals surface area (Å²) in [5, 5.41) is 0. The fraction of sp³-hybridized carbons (Fsp3) is 0.571. The van der Waals surface area contributed by atoms with Crippen molar-refractivity contribution < 1.29 is 9.59 Å². The zero-order valence-electron chi connectivity index (χ0n) is 11.2. The molecule has 1 atom stereocenters. The molecule has 1 unspecified atom stereocenters. The van der Waals surface area contributed by atoms with E-state index < -0.39 is 0 Å². The molecule has 0 radical (unpaired) electrons. The lowest BCUT2D eigenvalue weighted by atomic mass is 9.95. The number of nitrogens with two attached hydrogens (primary N) is 1. The molecule has 0 fully saturated rings. The number of carbonyl (C=O) groups is 2. The molecular formula is C14H20N2O2. The van der Waals surface area contributed by atoms with Crippen molar-refractivity contribution in [1.29, 1.82) is 0 Å². The second-order valence-corrected chi connectivity index (χ2v) is 5.38. The Bertz CT molecular complexity index is 500. The summed E-state index contributed by atoms with van der Waals surface area (Å²) in [6, 6.07) is 1.54. The molecule has 2 rings (SSSR count). The van der Waals surface area contributed by atoms with Gasteiger partial charge in [0.05, 0.1) is 0 Å². The van der Waals surface area contributed by atoms with Crippen molar-refractivity contribution in [3.63, 3.8) is 0 Å². The average molecular weight is 248 g/mol. The number of rotatable bonds is 3. The number of carbonyl (C=O) groups excluding carboxylic acids is 2. The molecule has 1 amide bonds. The molecule has 1 aliphatic rings. The van der Waals surface area contributed by atoms with Gasteiger partial charge in [0, 0.05) is 23.4 Å². The third-order valence-electron chi connectivity index (χ3n) is 3.65. The molecule has 98 valence electrons. The maximum Gasteiger partial charge on any atom is 0.240 e. The minimum absolute atomic E-state index is 0.120. The highest BCUT2D eigenvalue weighted by Gasteiger charge is 2.30. The Balaban J connectivity index is 2.57. The largest absolute Gasteiger partial charge is 0.368 e. The summed E-state index contributed by atoms with van der Waals surface area (Å²) < 4.78 is 1.97. The number of Topliss-reactive ketones (excluding diaryl/α,β-unsaturated/α-hetero) is 1. The van der Waals surface area contributed by atoms with E-state index in [2.05, 4.69) is 0 Å². The molecule has 0 bridgehead atoms. The number of aromatic nitrogens is 1. The number of fused-ring (bicyclic) bond motifs is 1. The van der Waals surface area contributed by atoms with Crippen molar-refractivity contribution in [2.75, 3.05) is 0 Å². The monoisotopic (exact) mass is 248 g/mol. The van der Waals surface area contributed by atoms with Gasteiger partial charge in [-0.2, -0.15) is 0 Å². The number of hydrogen-bond acceptors (Lipinski definition) is 2. The Morgan fingerprint density at radius 2 is 2.06 bits per heavy atom. The second kappa shape index (κ2) is 4.59. The maximum absolute atomic E-state index is 11.9. The molecule has 18 heavy (non-hydrogen) atoms. The third-order valence-corrected chi connectivity index (χ3v) is 3.65. The van der Waals surface area contributed by atoms with Gasteiger partial charge in [-0.3, -0.25) is 9.59 Å². The molecule has 0 aromatic carbocycles. The Kier molecular flexibility index (Phi) is 3.28. The van der Waals surface area contributed by atoms with Crippen molar-refractivity contribution in [1.82, 2.24) is 4.57 Å². The van der Waals surface area contributed by atoms with Gasteiger partial charge in [-0.1, -0.05) is 13.8 Å². The van der Waals surface area contributed by atoms with Crippen molar-refractivity contribution >= 4 is 11.7 Å². The van der Waals surface area contributed by atoms with Crippen LogP contribution >= 0.6 is 0 Å². The number of aryl methyl sites for hydroxylation is 1. The molecule has 1 aromatic rings. The van der Waals surface area contributed by atoms with E-state index >= 15 is 0 Å². The van der Waals surface area contributed by atoms with Gasteiger partial charge >= 0.3 is 0 Å². The van der Waals surface area contributed by atoms with Crippen LogP contribution in [-0.2, 0) is 11.2 Å². The number of nitrogens with zero attached hydrogens (tertiary/aromatic N) is 1. The van der Waals surface area contributed by atoms with Crippen LogP contribution < -0.4 is 5.73 Å². The fourth-order valence-electron chi connectivity index (χ4n) is 2.89. The molecular weight excluding hydrogens is 228 g/mol. The maximum atomic E-state index is 11.9. The minimum atomic E-state index is -0.361. The molecule has 0 spiro atoms. The summed E-state index contributed by atoms with van der Waals surface area (Å²) in [4.78, 5) is 23.6. The summed E-state index contributed by atoms with van der Waals surface area (Å²) in [6.07, 6.45) is 2.32. The van der Waals surface area contributed by atoms with E-state index in [9.17, 15) is 9.59 Å². The van der Waals surface area contributed by atoms with Gasteiger partial charge in [0.2, 0.25) is 5.91 Å². The van der Waals surface area contributed by atoms with E-state index in [4.69, 9.17) is 5.73 Å². The fourth-order valence-corrected chi connectivity index (χ4v) is 2.89. The van der Waals surface area contributed by atoms with Gasteiger partial charge in [0.15, 0.2) is 5.78 Å². The van der Waals surface area contributed by atoms with Crippen LogP contribution in [0.1, 0.15) is 54.5 Å². The van der Waals surface area contributed by atoms with Gasteiger partial charge in [-0.25, -0.2) is 0 Å². The first-order chi connectivity index (χ1) is 8.43. The summed E-state index contributed by atoms with van der Waals surface area (Å²) in [5.41, 5.74) is 8.24. The highest BCUT2D eigenvalue weighted by Crippen LogP contribution is 2.30. The highest BCUT2D eigenvalue weighted by molar-refractivity contribution is 5.98. The van der Waals surface area contributed by atoms with Crippen LogP contribution in [0.5, 0.6) is 0 Å². The molecule has 1 aromatic heterocycles. The second-order valence-electron chi connectivity index (χ2n) is 5.38. The smallest absolute Gasteiger partial charge is 0.240 e. The normalized spacial score (nSPS) is 16.8. The van der Waals surface area contributed by atoms with Crippen molar-refractivity contribution in [3.8, 4) is 0 Å². The van der Waals surface area contributed by atoms with E-state index in [1.807, 2.05) is 31.4 Å². The quantitative estimate of drug-likeness (QED) is 0.889. The van der Waals surface area contributed by atoms with Crippen LogP contribution in [0.2, 0.25) is 0 Å². The first kappa shape index (κ1) is 12.9. The van der Waals surface area contributed by atoms with Gasteiger partial charge in [0.1, 0.15) is 6.04 Å². The molecule has 1 heterocycles. The summed E-state index contributed by atoms with van der Waals surface area (Å²) in [5.74, 6) is -0.0238. The lowest BCUT2D eigenvalue weighted by molar-refractivity contribution is -0.122. The van der Waals surface area contributed by atoms with Crippen LogP contribution in [-0.4, -0.2) is 16.3 Å². The van der Waals surface area contributed by atoms with Crippen molar-refractivity contribution in [3.05, 3.63) is 23.0 Å². The Hall–Kier alpha value is -1.58. The zero-order chi connectivity index (χ0) is 13.4. The van der Waals surface area contributed by atoms with Gasteiger partial charge < -0.3 is 10.3 Å². The van der Waals surface area contributed by atoms with Crippen LogP contribution in [0.15, 0.2) is 6.07 Å². The van der Waals surface area contributed by atoms with Crippen molar-refractivity contribution in [2.24, 2.45) is 11.7 Å². The van der Waals surface area contributed by atoms with Gasteiger partial charge in [-0.05, 0) is 31.7 Å².